The Labute approximate surface area is 169 Å². The highest BCUT2D eigenvalue weighted by atomic mass is 16.2. The van der Waals surface area contributed by atoms with E-state index < -0.39 is 0 Å². The van der Waals surface area contributed by atoms with E-state index in [-0.39, 0.29) is 29.0 Å². The first-order valence-electron chi connectivity index (χ1n) is 10.6. The molecule has 8 nitrogen and oxygen atoms in total. The second-order valence-corrected chi connectivity index (χ2v) is 8.66. The maximum atomic E-state index is 12.8. The van der Waals surface area contributed by atoms with Crippen LogP contribution < -0.4 is 10.9 Å². The Morgan fingerprint density at radius 3 is 2.52 bits per heavy atom. The van der Waals surface area contributed by atoms with Gasteiger partial charge in [-0.3, -0.25) is 14.4 Å². The lowest BCUT2D eigenvalue weighted by molar-refractivity contribution is -0.127. The van der Waals surface area contributed by atoms with Crippen LogP contribution in [0, 0.1) is 18.8 Å². The van der Waals surface area contributed by atoms with Crippen molar-refractivity contribution in [1.29, 1.82) is 0 Å². The van der Waals surface area contributed by atoms with Crippen molar-refractivity contribution in [3.05, 3.63) is 34.0 Å². The number of aromatic nitrogens is 3. The van der Waals surface area contributed by atoms with Gasteiger partial charge in [0.2, 0.25) is 5.91 Å². The minimum Gasteiger partial charge on any atom is -0.353 e. The predicted molar refractivity (Wildman–Crippen MR) is 109 cm³/mol. The van der Waals surface area contributed by atoms with E-state index in [1.54, 1.807) is 18.0 Å². The maximum Gasteiger partial charge on any atom is 0.274 e. The molecule has 0 unspecified atom stereocenters. The topological polar surface area (TPSA) is 99.6 Å². The third-order valence-electron chi connectivity index (χ3n) is 6.33. The lowest BCUT2D eigenvalue weighted by atomic mass is 9.86. The molecule has 0 spiro atoms. The molecule has 0 radical (unpaired) electrons. The van der Waals surface area contributed by atoms with Gasteiger partial charge < -0.3 is 15.2 Å². The van der Waals surface area contributed by atoms with E-state index in [0.717, 1.165) is 18.8 Å². The number of fused-ring (bicyclic) bond motifs is 1. The van der Waals surface area contributed by atoms with Gasteiger partial charge >= 0.3 is 0 Å². The zero-order valence-electron chi connectivity index (χ0n) is 17.1. The Bertz CT molecular complexity index is 962. The smallest absolute Gasteiger partial charge is 0.274 e. The summed E-state index contributed by atoms with van der Waals surface area (Å²) in [5.41, 5.74) is 1.04. The number of nitrogens with one attached hydrogen (secondary N) is 2. The van der Waals surface area contributed by atoms with E-state index in [1.807, 2.05) is 0 Å². The van der Waals surface area contributed by atoms with Crippen LogP contribution in [0.4, 0.5) is 0 Å². The van der Waals surface area contributed by atoms with Crippen molar-refractivity contribution in [2.45, 2.75) is 58.4 Å². The largest absolute Gasteiger partial charge is 0.353 e. The number of carbonyl (C=O) groups excluding carboxylic acids is 2. The van der Waals surface area contributed by atoms with Gasteiger partial charge in [0.05, 0.1) is 0 Å². The van der Waals surface area contributed by atoms with Gasteiger partial charge in [-0.25, -0.2) is 4.52 Å². The zero-order valence-corrected chi connectivity index (χ0v) is 17.1. The van der Waals surface area contributed by atoms with Crippen molar-refractivity contribution >= 4 is 17.3 Å². The van der Waals surface area contributed by atoms with Crippen molar-refractivity contribution in [2.75, 3.05) is 13.1 Å². The normalized spacial score (nSPS) is 23.3. The fourth-order valence-electron chi connectivity index (χ4n) is 4.46. The minimum absolute atomic E-state index is 0.0371. The van der Waals surface area contributed by atoms with Gasteiger partial charge in [-0.2, -0.15) is 5.10 Å². The molecule has 1 saturated carbocycles. The molecule has 0 bridgehead atoms. The van der Waals surface area contributed by atoms with E-state index >= 15 is 0 Å². The molecule has 3 heterocycles. The van der Waals surface area contributed by atoms with Gasteiger partial charge in [-0.1, -0.05) is 6.92 Å². The molecule has 2 amide bonds. The molecule has 8 heteroatoms. The number of likely N-dealkylation sites (tertiary alicyclic amines) is 1. The Morgan fingerprint density at radius 1 is 1.14 bits per heavy atom. The molecule has 2 N–H and O–H groups in total. The average Bonchev–Trinajstić information content (AvgIpc) is 3.13. The van der Waals surface area contributed by atoms with E-state index in [9.17, 15) is 14.4 Å². The third kappa shape index (κ3) is 4.21. The lowest BCUT2D eigenvalue weighted by Crippen LogP contribution is -2.46. The first kappa shape index (κ1) is 19.7. The molecule has 2 fully saturated rings. The molecule has 2 aromatic rings. The molecule has 156 valence electrons. The van der Waals surface area contributed by atoms with Gasteiger partial charge in [0.1, 0.15) is 5.52 Å². The number of rotatable bonds is 3. The Kier molecular flexibility index (Phi) is 5.43. The van der Waals surface area contributed by atoms with Gasteiger partial charge in [0.25, 0.3) is 11.5 Å². The van der Waals surface area contributed by atoms with E-state index in [2.05, 4.69) is 22.3 Å². The fraction of sp³-hybridized carbons (Fsp3) is 0.619. The number of H-pyrrole nitrogens is 1. The first-order valence-corrected chi connectivity index (χ1v) is 10.6. The molecule has 1 saturated heterocycles. The Balaban J connectivity index is 1.34. The van der Waals surface area contributed by atoms with E-state index in [0.29, 0.717) is 43.2 Å². The number of carbonyl (C=O) groups is 2. The summed E-state index contributed by atoms with van der Waals surface area (Å²) in [6, 6.07) is 1.83. The Morgan fingerprint density at radius 2 is 1.83 bits per heavy atom. The van der Waals surface area contributed by atoms with E-state index in [4.69, 9.17) is 0 Å². The van der Waals surface area contributed by atoms with Gasteiger partial charge in [-0.15, -0.1) is 0 Å². The van der Waals surface area contributed by atoms with Crippen LogP contribution in [0.25, 0.3) is 5.52 Å². The van der Waals surface area contributed by atoms with Crippen molar-refractivity contribution in [3.63, 3.8) is 0 Å². The molecule has 2 aliphatic rings. The summed E-state index contributed by atoms with van der Waals surface area (Å²) < 4.78 is 1.45. The summed E-state index contributed by atoms with van der Waals surface area (Å²) in [7, 11) is 0. The molecule has 0 aromatic carbocycles. The van der Waals surface area contributed by atoms with Crippen LogP contribution >= 0.6 is 0 Å². The quantitative estimate of drug-likeness (QED) is 0.823. The highest BCUT2D eigenvalue weighted by Crippen LogP contribution is 2.25. The van der Waals surface area contributed by atoms with Crippen LogP contribution in [0.1, 0.15) is 61.6 Å². The number of hydrogen-bond acceptors (Lipinski definition) is 4. The minimum atomic E-state index is -0.260. The maximum absolute atomic E-state index is 12.8. The molecule has 0 atom stereocenters. The van der Waals surface area contributed by atoms with Gasteiger partial charge in [0, 0.05) is 43.0 Å². The predicted octanol–water partition coefficient (Wildman–Crippen LogP) is 1.88. The zero-order chi connectivity index (χ0) is 20.5. The molecular formula is C21H29N5O3. The van der Waals surface area contributed by atoms with Crippen molar-refractivity contribution in [3.8, 4) is 0 Å². The van der Waals surface area contributed by atoms with Gasteiger partial charge in [-0.05, 0) is 51.4 Å². The summed E-state index contributed by atoms with van der Waals surface area (Å²) in [5.74, 6) is 0.666. The van der Waals surface area contributed by atoms with Crippen LogP contribution in [-0.2, 0) is 4.79 Å². The van der Waals surface area contributed by atoms with Crippen LogP contribution in [0.5, 0.6) is 0 Å². The molecule has 2 aromatic heterocycles. The number of aryl methyl sites for hydroxylation is 1. The molecule has 29 heavy (non-hydrogen) atoms. The number of aromatic amines is 1. The van der Waals surface area contributed by atoms with Crippen LogP contribution in [-0.4, -0.2) is 50.4 Å². The second-order valence-electron chi connectivity index (χ2n) is 8.66. The van der Waals surface area contributed by atoms with Crippen molar-refractivity contribution in [2.24, 2.45) is 11.8 Å². The van der Waals surface area contributed by atoms with Crippen LogP contribution in [0.3, 0.4) is 0 Å². The van der Waals surface area contributed by atoms with Gasteiger partial charge in [0.15, 0.2) is 5.69 Å². The molecular weight excluding hydrogens is 370 g/mol. The van der Waals surface area contributed by atoms with Crippen molar-refractivity contribution < 1.29 is 9.59 Å². The standard InChI is InChI=1S/C21H29N5O3/c1-13-3-5-16(6-4-13)23-19(27)15-7-9-25(10-8-15)21(29)17-11-18-20(28)22-14(2)12-26(18)24-17/h11-13,15-16H,3-10H2,1-2H3,(H,22,28)(H,23,27). The monoisotopic (exact) mass is 399 g/mol. The summed E-state index contributed by atoms with van der Waals surface area (Å²) in [5, 5.41) is 7.49. The van der Waals surface area contributed by atoms with Crippen molar-refractivity contribution in [1.82, 2.24) is 24.8 Å². The number of amides is 2. The summed E-state index contributed by atoms with van der Waals surface area (Å²) >= 11 is 0. The molecule has 4 rings (SSSR count). The summed E-state index contributed by atoms with van der Waals surface area (Å²) in [6.07, 6.45) is 7.50. The average molecular weight is 399 g/mol. The van der Waals surface area contributed by atoms with Crippen LogP contribution in [0.2, 0.25) is 0 Å². The second kappa shape index (κ2) is 8.00. The Hall–Kier alpha value is -2.64. The molecule has 1 aliphatic heterocycles. The van der Waals surface area contributed by atoms with E-state index in [1.165, 1.54) is 23.4 Å². The third-order valence-corrected chi connectivity index (χ3v) is 6.33. The fourth-order valence-corrected chi connectivity index (χ4v) is 4.46. The number of piperidine rings is 1. The number of hydrogen-bond donors (Lipinski definition) is 2. The van der Waals surface area contributed by atoms with Crippen LogP contribution in [0.15, 0.2) is 17.1 Å². The SMILES string of the molecule is Cc1cn2nc(C(=O)N3CCC(C(=O)NC4CCC(C)CC4)CC3)cc2c(=O)[nH]1. The molecule has 1 aliphatic carbocycles. The highest BCUT2D eigenvalue weighted by molar-refractivity contribution is 5.93. The number of nitrogens with zero attached hydrogens (tertiary/aromatic N) is 3. The summed E-state index contributed by atoms with van der Waals surface area (Å²) in [4.78, 5) is 41.9. The first-order chi connectivity index (χ1) is 13.9. The summed E-state index contributed by atoms with van der Waals surface area (Å²) in [6.45, 7) is 5.10. The lowest BCUT2D eigenvalue weighted by Gasteiger charge is -2.33. The highest BCUT2D eigenvalue weighted by Gasteiger charge is 2.30.